The van der Waals surface area contributed by atoms with Crippen LogP contribution in [0.25, 0.3) is 0 Å². The van der Waals surface area contributed by atoms with Crippen molar-refractivity contribution >= 4 is 0 Å². The highest BCUT2D eigenvalue weighted by molar-refractivity contribution is 5.21. The van der Waals surface area contributed by atoms with Gasteiger partial charge >= 0.3 is 0 Å². The van der Waals surface area contributed by atoms with E-state index in [9.17, 15) is 5.11 Å². The zero-order chi connectivity index (χ0) is 14.7. The molecule has 1 aromatic carbocycles. The number of hydrogen-bond donors (Lipinski definition) is 1. The molecule has 0 atom stereocenters. The van der Waals surface area contributed by atoms with Gasteiger partial charge in [-0.05, 0) is 49.7 Å². The standard InChI is InChI=1S/C18H24N2O/c1-2-20-14-15(13-19-20)12-18(21)10-8-17(9-11-18)16-6-4-3-5-7-16/h3-7,13-14,17,21H,2,8-12H2,1H3. The van der Waals surface area contributed by atoms with Crippen molar-refractivity contribution in [3.63, 3.8) is 0 Å². The molecule has 1 fully saturated rings. The first kappa shape index (κ1) is 14.3. The highest BCUT2D eigenvalue weighted by Gasteiger charge is 2.34. The minimum absolute atomic E-state index is 0.549. The van der Waals surface area contributed by atoms with Crippen LogP contribution in [0.3, 0.4) is 0 Å². The second kappa shape index (κ2) is 6.02. The molecule has 1 aliphatic carbocycles. The molecule has 2 aromatic rings. The first-order valence-corrected chi connectivity index (χ1v) is 7.97. The lowest BCUT2D eigenvalue weighted by Crippen LogP contribution is -2.35. The Hall–Kier alpha value is -1.61. The monoisotopic (exact) mass is 284 g/mol. The molecule has 0 aliphatic heterocycles. The summed E-state index contributed by atoms with van der Waals surface area (Å²) in [5, 5.41) is 15.1. The summed E-state index contributed by atoms with van der Waals surface area (Å²) in [5.74, 6) is 0.602. The molecule has 1 N–H and O–H groups in total. The van der Waals surface area contributed by atoms with Gasteiger partial charge < -0.3 is 5.11 Å². The van der Waals surface area contributed by atoms with Gasteiger partial charge in [0.15, 0.2) is 0 Å². The molecule has 0 amide bonds. The smallest absolute Gasteiger partial charge is 0.0689 e. The van der Waals surface area contributed by atoms with E-state index in [1.165, 1.54) is 5.56 Å². The van der Waals surface area contributed by atoms with E-state index < -0.39 is 5.60 Å². The SMILES string of the molecule is CCn1cc(CC2(O)CCC(c3ccccc3)CC2)cn1. The van der Waals surface area contributed by atoms with Gasteiger partial charge in [-0.3, -0.25) is 4.68 Å². The Morgan fingerprint density at radius 1 is 1.24 bits per heavy atom. The molecule has 112 valence electrons. The van der Waals surface area contributed by atoms with Crippen LogP contribution in [0.2, 0.25) is 0 Å². The molecule has 3 rings (SSSR count). The average molecular weight is 284 g/mol. The lowest BCUT2D eigenvalue weighted by Gasteiger charge is -2.36. The fraction of sp³-hybridized carbons (Fsp3) is 0.500. The average Bonchev–Trinajstić information content (AvgIpc) is 2.96. The molecule has 3 nitrogen and oxygen atoms in total. The Balaban J connectivity index is 1.61. The van der Waals surface area contributed by atoms with Gasteiger partial charge in [-0.25, -0.2) is 0 Å². The zero-order valence-electron chi connectivity index (χ0n) is 12.7. The number of aromatic nitrogens is 2. The quantitative estimate of drug-likeness (QED) is 0.932. The fourth-order valence-electron chi connectivity index (χ4n) is 3.44. The van der Waals surface area contributed by atoms with Crippen molar-refractivity contribution in [2.24, 2.45) is 0 Å². The van der Waals surface area contributed by atoms with Crippen LogP contribution in [0, 0.1) is 0 Å². The molecule has 0 radical (unpaired) electrons. The van der Waals surface area contributed by atoms with Crippen LogP contribution in [0.15, 0.2) is 42.7 Å². The van der Waals surface area contributed by atoms with Crippen molar-refractivity contribution in [1.82, 2.24) is 9.78 Å². The molecule has 0 saturated heterocycles. The molecule has 0 unspecified atom stereocenters. The number of benzene rings is 1. The van der Waals surface area contributed by atoms with Crippen molar-refractivity contribution < 1.29 is 5.11 Å². The summed E-state index contributed by atoms with van der Waals surface area (Å²) in [6.45, 7) is 2.96. The van der Waals surface area contributed by atoms with E-state index >= 15 is 0 Å². The van der Waals surface area contributed by atoms with E-state index in [1.54, 1.807) is 0 Å². The number of hydrogen-bond acceptors (Lipinski definition) is 2. The molecule has 0 bridgehead atoms. The van der Waals surface area contributed by atoms with Crippen LogP contribution in [-0.4, -0.2) is 20.5 Å². The van der Waals surface area contributed by atoms with Gasteiger partial charge in [-0.1, -0.05) is 30.3 Å². The topological polar surface area (TPSA) is 38.0 Å². The fourth-order valence-corrected chi connectivity index (χ4v) is 3.44. The van der Waals surface area contributed by atoms with Gasteiger partial charge in [0.05, 0.1) is 11.8 Å². The molecule has 3 heteroatoms. The number of rotatable bonds is 4. The molecule has 1 aliphatic rings. The third-order valence-electron chi connectivity index (χ3n) is 4.73. The third-order valence-corrected chi connectivity index (χ3v) is 4.73. The zero-order valence-corrected chi connectivity index (χ0v) is 12.7. The Kier molecular flexibility index (Phi) is 4.11. The lowest BCUT2D eigenvalue weighted by atomic mass is 9.74. The van der Waals surface area contributed by atoms with Crippen molar-refractivity contribution in [2.75, 3.05) is 0 Å². The summed E-state index contributed by atoms with van der Waals surface area (Å²) in [6, 6.07) is 10.7. The normalized spacial score (nSPS) is 25.9. The lowest BCUT2D eigenvalue weighted by molar-refractivity contribution is -0.000473. The second-order valence-electron chi connectivity index (χ2n) is 6.29. The van der Waals surface area contributed by atoms with Crippen LogP contribution in [0.4, 0.5) is 0 Å². The summed E-state index contributed by atoms with van der Waals surface area (Å²) in [4.78, 5) is 0. The first-order valence-electron chi connectivity index (χ1n) is 7.97. The Bertz CT molecular complexity index is 568. The Morgan fingerprint density at radius 3 is 2.57 bits per heavy atom. The molecule has 1 heterocycles. The summed E-state index contributed by atoms with van der Waals surface area (Å²) in [7, 11) is 0. The minimum Gasteiger partial charge on any atom is -0.390 e. The van der Waals surface area contributed by atoms with Gasteiger partial charge in [0, 0.05) is 19.2 Å². The van der Waals surface area contributed by atoms with Crippen molar-refractivity contribution in [1.29, 1.82) is 0 Å². The molecule has 21 heavy (non-hydrogen) atoms. The number of aliphatic hydroxyl groups is 1. The van der Waals surface area contributed by atoms with Crippen molar-refractivity contribution in [2.45, 2.75) is 57.1 Å². The van der Waals surface area contributed by atoms with E-state index in [4.69, 9.17) is 0 Å². The largest absolute Gasteiger partial charge is 0.390 e. The van der Waals surface area contributed by atoms with E-state index in [2.05, 4.69) is 48.6 Å². The van der Waals surface area contributed by atoms with Crippen molar-refractivity contribution in [3.8, 4) is 0 Å². The molecule has 1 saturated carbocycles. The molecular formula is C18H24N2O. The second-order valence-corrected chi connectivity index (χ2v) is 6.29. The molecule has 0 spiro atoms. The first-order chi connectivity index (χ1) is 10.2. The Labute approximate surface area is 126 Å². The summed E-state index contributed by atoms with van der Waals surface area (Å²) >= 11 is 0. The van der Waals surface area contributed by atoms with Crippen LogP contribution in [-0.2, 0) is 13.0 Å². The predicted molar refractivity (Wildman–Crippen MR) is 84.2 cm³/mol. The summed E-state index contributed by atoms with van der Waals surface area (Å²) in [6.07, 6.45) is 8.58. The number of aryl methyl sites for hydroxylation is 1. The maximum Gasteiger partial charge on any atom is 0.0689 e. The summed E-state index contributed by atoms with van der Waals surface area (Å²) in [5.41, 5.74) is 2.02. The van der Waals surface area contributed by atoms with Gasteiger partial charge in [-0.15, -0.1) is 0 Å². The van der Waals surface area contributed by atoms with E-state index in [0.29, 0.717) is 5.92 Å². The maximum atomic E-state index is 10.8. The summed E-state index contributed by atoms with van der Waals surface area (Å²) < 4.78 is 1.92. The van der Waals surface area contributed by atoms with Gasteiger partial charge in [0.1, 0.15) is 0 Å². The van der Waals surface area contributed by atoms with Crippen LogP contribution in [0.1, 0.15) is 49.7 Å². The van der Waals surface area contributed by atoms with Crippen LogP contribution < -0.4 is 0 Å². The molecular weight excluding hydrogens is 260 g/mol. The van der Waals surface area contributed by atoms with Gasteiger partial charge in [-0.2, -0.15) is 5.10 Å². The molecule has 1 aromatic heterocycles. The van der Waals surface area contributed by atoms with E-state index in [0.717, 1.165) is 44.2 Å². The highest BCUT2D eigenvalue weighted by atomic mass is 16.3. The van der Waals surface area contributed by atoms with E-state index in [-0.39, 0.29) is 0 Å². The van der Waals surface area contributed by atoms with Crippen molar-refractivity contribution in [3.05, 3.63) is 53.9 Å². The number of nitrogens with zero attached hydrogens (tertiary/aromatic N) is 2. The van der Waals surface area contributed by atoms with Crippen LogP contribution in [0.5, 0.6) is 0 Å². The van der Waals surface area contributed by atoms with Crippen LogP contribution >= 0.6 is 0 Å². The predicted octanol–water partition coefficient (Wildman–Crippen LogP) is 3.53. The highest BCUT2D eigenvalue weighted by Crippen LogP contribution is 2.39. The van der Waals surface area contributed by atoms with Gasteiger partial charge in [0.2, 0.25) is 0 Å². The van der Waals surface area contributed by atoms with E-state index in [1.807, 2.05) is 10.9 Å². The van der Waals surface area contributed by atoms with Gasteiger partial charge in [0.25, 0.3) is 0 Å². The third kappa shape index (κ3) is 3.35. The maximum absolute atomic E-state index is 10.8. The Morgan fingerprint density at radius 2 is 1.95 bits per heavy atom. The minimum atomic E-state index is -0.549.